The Labute approximate surface area is 184 Å². The average Bonchev–Trinajstić information content (AvgIpc) is 2.68. The van der Waals surface area contributed by atoms with Gasteiger partial charge in [0.2, 0.25) is 5.78 Å². The Morgan fingerprint density at radius 1 is 0.857 bits per heavy atom. The number of nitrogens with zero attached hydrogens (tertiary/aromatic N) is 1. The van der Waals surface area contributed by atoms with Gasteiger partial charge in [0, 0.05) is 34.0 Å². The van der Waals surface area contributed by atoms with E-state index in [9.17, 15) is 9.59 Å². The zero-order chi connectivity index (χ0) is 19.0. The molecule has 1 N–H and O–H groups in total. The molecule has 4 nitrogen and oxygen atoms in total. The molecule has 140 valence electrons. The number of anilines is 1. The molecular weight excluding hydrogens is 487 g/mol. The molecule has 0 amide bonds. The third-order valence-electron chi connectivity index (χ3n) is 4.52. The highest BCUT2D eigenvalue weighted by Gasteiger charge is 2.38. The third-order valence-corrected chi connectivity index (χ3v) is 4.75. The number of Topliss-reactive ketones (excluding diaryl/α,β-unsaturated/α-hetero) is 2. The van der Waals surface area contributed by atoms with Crippen LogP contribution in [0.2, 0.25) is 5.02 Å². The van der Waals surface area contributed by atoms with E-state index in [1.165, 1.54) is 0 Å². The van der Waals surface area contributed by atoms with E-state index in [1.54, 1.807) is 53.4 Å². The Morgan fingerprint density at radius 3 is 2.14 bits per heavy atom. The van der Waals surface area contributed by atoms with Gasteiger partial charge in [-0.1, -0.05) is 41.9 Å². The number of fused-ring (bicyclic) bond motifs is 1. The molecule has 0 bridgehead atoms. The molecule has 2 aromatic carbocycles. The molecule has 0 aliphatic heterocycles. The van der Waals surface area contributed by atoms with Crippen LogP contribution in [0.1, 0.15) is 26.3 Å². The van der Waals surface area contributed by atoms with Gasteiger partial charge in [-0.3, -0.25) is 9.59 Å². The average molecular weight is 503 g/mol. The maximum absolute atomic E-state index is 13.2. The predicted octanol–water partition coefficient (Wildman–Crippen LogP) is 1.30. The van der Waals surface area contributed by atoms with Gasteiger partial charge in [-0.05, 0) is 30.7 Å². The van der Waals surface area contributed by atoms with Crippen molar-refractivity contribution in [1.29, 1.82) is 0 Å². The van der Waals surface area contributed by atoms with Crippen LogP contribution in [0.15, 0.2) is 78.8 Å². The van der Waals surface area contributed by atoms with E-state index >= 15 is 0 Å². The summed E-state index contributed by atoms with van der Waals surface area (Å²) in [7, 11) is 0. The molecule has 1 aliphatic carbocycles. The van der Waals surface area contributed by atoms with E-state index in [4.69, 9.17) is 11.6 Å². The van der Waals surface area contributed by atoms with Crippen molar-refractivity contribution in [2.75, 3.05) is 5.32 Å². The number of ketones is 2. The first-order chi connectivity index (χ1) is 13.1. The third kappa shape index (κ3) is 3.59. The molecule has 0 saturated carbocycles. The number of hydrogen-bond donors (Lipinski definition) is 1. The van der Waals surface area contributed by atoms with Crippen molar-refractivity contribution in [2.24, 2.45) is 0 Å². The Balaban J connectivity index is 0.00000225. The van der Waals surface area contributed by atoms with Crippen LogP contribution in [-0.4, -0.2) is 11.6 Å². The van der Waals surface area contributed by atoms with E-state index in [0.717, 1.165) is 11.3 Å². The summed E-state index contributed by atoms with van der Waals surface area (Å²) in [6, 6.07) is 17.7. The van der Waals surface area contributed by atoms with E-state index in [0.29, 0.717) is 21.8 Å². The summed E-state index contributed by atoms with van der Waals surface area (Å²) in [5.41, 5.74) is 2.97. The fourth-order valence-corrected chi connectivity index (χ4v) is 3.40. The minimum Gasteiger partial charge on any atom is -1.00 e. The summed E-state index contributed by atoms with van der Waals surface area (Å²) >= 11 is 6.04. The first-order valence-electron chi connectivity index (χ1n) is 8.49. The number of rotatable bonds is 3. The lowest BCUT2D eigenvalue weighted by molar-refractivity contribution is -0.577. The number of aromatic nitrogens is 1. The van der Waals surface area contributed by atoms with E-state index in [2.05, 4.69) is 5.32 Å². The Hall–Kier alpha value is -2.51. The lowest BCUT2D eigenvalue weighted by Gasteiger charge is -2.19. The van der Waals surface area contributed by atoms with Crippen molar-refractivity contribution >= 4 is 34.6 Å². The van der Waals surface area contributed by atoms with Gasteiger partial charge in [-0.25, -0.2) is 0 Å². The molecule has 1 aliphatic rings. The smallest absolute Gasteiger partial charge is 0.286 e. The standard InChI is InChI=1S/C22H15ClN2O2.HI/c1-14-13-15(23)9-10-18(14)24-19-20(25-11-5-2-6-12-25)22(27)17-8-4-3-7-16(17)21(19)26;/h2-13H,1H3;1H. The SMILES string of the molecule is Cc1cc(Cl)ccc1NC1=C([n+]2ccccc2)C(=O)c2ccccc2C1=O.[I-]. The summed E-state index contributed by atoms with van der Waals surface area (Å²) in [6.07, 6.45) is 3.51. The topological polar surface area (TPSA) is 50.1 Å². The van der Waals surface area contributed by atoms with Gasteiger partial charge >= 0.3 is 0 Å². The first kappa shape index (κ1) is 20.2. The highest BCUT2D eigenvalue weighted by Crippen LogP contribution is 2.29. The number of hydrogen-bond acceptors (Lipinski definition) is 3. The van der Waals surface area contributed by atoms with Gasteiger partial charge in [0.25, 0.3) is 11.5 Å². The largest absolute Gasteiger partial charge is 1.00 e. The Bertz CT molecular complexity index is 1110. The normalized spacial score (nSPS) is 13.1. The van der Waals surface area contributed by atoms with Crippen LogP contribution in [0, 0.1) is 6.92 Å². The fraction of sp³-hybridized carbons (Fsp3) is 0.0455. The molecule has 0 fully saturated rings. The second kappa shape index (κ2) is 8.24. The number of benzene rings is 2. The maximum Gasteiger partial charge on any atom is 0.286 e. The van der Waals surface area contributed by atoms with Crippen molar-refractivity contribution in [3.8, 4) is 0 Å². The van der Waals surface area contributed by atoms with Crippen molar-refractivity contribution in [3.63, 3.8) is 0 Å². The number of carbonyl (C=O) groups excluding carboxylic acids is 2. The van der Waals surface area contributed by atoms with Crippen LogP contribution in [0.25, 0.3) is 5.70 Å². The van der Waals surface area contributed by atoms with Crippen molar-refractivity contribution in [1.82, 2.24) is 0 Å². The van der Waals surface area contributed by atoms with Crippen LogP contribution >= 0.6 is 11.6 Å². The monoisotopic (exact) mass is 502 g/mol. The van der Waals surface area contributed by atoms with E-state index in [-0.39, 0.29) is 41.2 Å². The van der Waals surface area contributed by atoms with Crippen molar-refractivity contribution in [3.05, 3.63) is 100 Å². The maximum atomic E-state index is 13.2. The first-order valence-corrected chi connectivity index (χ1v) is 8.86. The number of allylic oxidation sites excluding steroid dienone is 2. The van der Waals surface area contributed by atoms with Crippen molar-refractivity contribution in [2.45, 2.75) is 6.92 Å². The van der Waals surface area contributed by atoms with E-state index in [1.807, 2.05) is 31.2 Å². The molecule has 0 unspecified atom stereocenters. The quantitative estimate of drug-likeness (QED) is 0.434. The highest BCUT2D eigenvalue weighted by atomic mass is 127. The molecule has 28 heavy (non-hydrogen) atoms. The fourth-order valence-electron chi connectivity index (χ4n) is 3.17. The lowest BCUT2D eigenvalue weighted by atomic mass is 9.90. The summed E-state index contributed by atoms with van der Waals surface area (Å²) in [5.74, 6) is -0.415. The van der Waals surface area contributed by atoms with Gasteiger partial charge in [0.15, 0.2) is 18.1 Å². The number of pyridine rings is 1. The van der Waals surface area contributed by atoms with Gasteiger partial charge in [0.05, 0.1) is 0 Å². The van der Waals surface area contributed by atoms with Gasteiger partial charge in [-0.2, -0.15) is 4.57 Å². The number of nitrogens with one attached hydrogen (secondary N) is 1. The summed E-state index contributed by atoms with van der Waals surface area (Å²) in [4.78, 5) is 26.4. The van der Waals surface area contributed by atoms with Crippen LogP contribution in [-0.2, 0) is 0 Å². The summed E-state index contributed by atoms with van der Waals surface area (Å²) < 4.78 is 1.67. The van der Waals surface area contributed by atoms with Crippen molar-refractivity contribution < 1.29 is 38.1 Å². The molecule has 3 aromatic rings. The minimum absolute atomic E-state index is 0. The number of aryl methyl sites for hydroxylation is 1. The van der Waals surface area contributed by atoms with Crippen LogP contribution in [0.3, 0.4) is 0 Å². The minimum atomic E-state index is -0.217. The summed E-state index contributed by atoms with van der Waals surface area (Å²) in [6.45, 7) is 1.90. The van der Waals surface area contributed by atoms with Crippen LogP contribution < -0.4 is 33.9 Å². The number of carbonyl (C=O) groups is 2. The van der Waals surface area contributed by atoms with Gasteiger partial charge < -0.3 is 29.3 Å². The van der Waals surface area contributed by atoms with E-state index < -0.39 is 0 Å². The highest BCUT2D eigenvalue weighted by molar-refractivity contribution is 6.36. The zero-order valence-corrected chi connectivity index (χ0v) is 17.9. The van der Waals surface area contributed by atoms with Crippen LogP contribution in [0.4, 0.5) is 5.69 Å². The molecule has 0 atom stereocenters. The van der Waals surface area contributed by atoms with Gasteiger partial charge in [-0.15, -0.1) is 0 Å². The summed E-state index contributed by atoms with van der Waals surface area (Å²) in [5, 5.41) is 3.79. The Kier molecular flexibility index (Phi) is 5.96. The zero-order valence-electron chi connectivity index (χ0n) is 14.9. The molecular formula is C22H16ClIN2O2. The second-order valence-corrected chi connectivity index (χ2v) is 6.73. The lowest BCUT2D eigenvalue weighted by Crippen LogP contribution is -3.00. The molecule has 0 radical (unpaired) electrons. The molecule has 6 heteroatoms. The molecule has 1 aromatic heterocycles. The molecule has 0 saturated heterocycles. The number of halogens is 2. The predicted molar refractivity (Wildman–Crippen MR) is 105 cm³/mol. The second-order valence-electron chi connectivity index (χ2n) is 6.29. The van der Waals surface area contributed by atoms with Gasteiger partial charge in [0.1, 0.15) is 0 Å². The molecule has 4 rings (SSSR count). The molecule has 1 heterocycles. The molecule has 0 spiro atoms. The van der Waals surface area contributed by atoms with Crippen LogP contribution in [0.5, 0.6) is 0 Å². The Morgan fingerprint density at radius 2 is 1.50 bits per heavy atom.